The van der Waals surface area contributed by atoms with Crippen molar-refractivity contribution in [1.29, 1.82) is 0 Å². The number of aliphatic hydroxyl groups excluding tert-OH is 1. The molecule has 1 saturated heterocycles. The van der Waals surface area contributed by atoms with Crippen LogP contribution >= 0.6 is 0 Å². The molecule has 0 radical (unpaired) electrons. The minimum absolute atomic E-state index is 0.0160. The van der Waals surface area contributed by atoms with Gasteiger partial charge in [0, 0.05) is 18.9 Å². The van der Waals surface area contributed by atoms with E-state index in [0.717, 1.165) is 4.90 Å². The number of imide groups is 1. The zero-order chi connectivity index (χ0) is 16.3. The van der Waals surface area contributed by atoms with Gasteiger partial charge in [-0.3, -0.25) is 14.5 Å². The summed E-state index contributed by atoms with van der Waals surface area (Å²) in [6.45, 7) is 1.47. The predicted molar refractivity (Wildman–Crippen MR) is 79.7 cm³/mol. The fourth-order valence-corrected chi connectivity index (χ4v) is 3.49. The number of carbonyl (C=O) groups excluding carboxylic acids is 2. The van der Waals surface area contributed by atoms with Gasteiger partial charge in [0.05, 0.1) is 17.2 Å². The van der Waals surface area contributed by atoms with Crippen LogP contribution in [-0.2, 0) is 19.6 Å². The molecule has 7 nitrogen and oxygen atoms in total. The molecule has 2 N–H and O–H groups in total. The Kier molecular flexibility index (Phi) is 4.94. The molecule has 0 bridgehead atoms. The van der Waals surface area contributed by atoms with Crippen molar-refractivity contribution >= 4 is 27.5 Å². The molecule has 1 aliphatic rings. The second-order valence-electron chi connectivity index (χ2n) is 5.03. The van der Waals surface area contributed by atoms with Gasteiger partial charge >= 0.3 is 0 Å². The van der Waals surface area contributed by atoms with Gasteiger partial charge in [-0.25, -0.2) is 13.1 Å². The second kappa shape index (κ2) is 6.55. The second-order valence-corrected chi connectivity index (χ2v) is 6.74. The van der Waals surface area contributed by atoms with Crippen LogP contribution in [0.1, 0.15) is 26.2 Å². The van der Waals surface area contributed by atoms with E-state index in [2.05, 4.69) is 4.72 Å². The Labute approximate surface area is 129 Å². The van der Waals surface area contributed by atoms with Gasteiger partial charge < -0.3 is 5.11 Å². The van der Waals surface area contributed by atoms with E-state index in [0.29, 0.717) is 12.1 Å². The molecule has 2 rings (SSSR count). The number of hydrogen-bond acceptors (Lipinski definition) is 5. The first-order chi connectivity index (χ1) is 10.4. The topological polar surface area (TPSA) is 104 Å². The lowest BCUT2D eigenvalue weighted by molar-refractivity contribution is -0.121. The molecule has 0 spiro atoms. The van der Waals surface area contributed by atoms with E-state index in [1.807, 2.05) is 0 Å². The zero-order valence-electron chi connectivity index (χ0n) is 12.2. The van der Waals surface area contributed by atoms with Gasteiger partial charge in [-0.1, -0.05) is 6.92 Å². The quantitative estimate of drug-likeness (QED) is 0.736. The summed E-state index contributed by atoms with van der Waals surface area (Å²) in [5, 5.41) is 9.07. The molecule has 1 aromatic rings. The molecule has 0 aliphatic carbocycles. The number of carbonyl (C=O) groups is 2. The van der Waals surface area contributed by atoms with E-state index in [1.54, 1.807) is 6.92 Å². The van der Waals surface area contributed by atoms with Crippen molar-refractivity contribution < 1.29 is 23.1 Å². The first kappa shape index (κ1) is 16.6. The number of hydrogen-bond donors (Lipinski definition) is 2. The molecule has 1 heterocycles. The number of amides is 2. The average Bonchev–Trinajstić information content (AvgIpc) is 2.84. The average molecular weight is 326 g/mol. The van der Waals surface area contributed by atoms with Gasteiger partial charge in [-0.2, -0.15) is 0 Å². The molecule has 1 fully saturated rings. The van der Waals surface area contributed by atoms with Crippen LogP contribution in [0.2, 0.25) is 0 Å². The van der Waals surface area contributed by atoms with Crippen molar-refractivity contribution in [2.24, 2.45) is 0 Å². The number of nitrogens with one attached hydrogen (secondary N) is 1. The predicted octanol–water partition coefficient (Wildman–Crippen LogP) is 0.389. The minimum atomic E-state index is -3.75. The van der Waals surface area contributed by atoms with Crippen molar-refractivity contribution in [3.05, 3.63) is 24.3 Å². The first-order valence-electron chi connectivity index (χ1n) is 6.98. The third-order valence-corrected chi connectivity index (χ3v) is 5.03. The molecule has 120 valence electrons. The fourth-order valence-electron chi connectivity index (χ4n) is 2.18. The normalized spacial score (nSPS) is 17.1. The Hall–Kier alpha value is -1.77. The van der Waals surface area contributed by atoms with Gasteiger partial charge in [-0.15, -0.1) is 0 Å². The lowest BCUT2D eigenvalue weighted by Gasteiger charge is -2.16. The maximum Gasteiger partial charge on any atom is 0.240 e. The van der Waals surface area contributed by atoms with Gasteiger partial charge in [0.1, 0.15) is 0 Å². The highest BCUT2D eigenvalue weighted by molar-refractivity contribution is 7.89. The highest BCUT2D eigenvalue weighted by Gasteiger charge is 2.30. The molecule has 1 aliphatic heterocycles. The van der Waals surface area contributed by atoms with E-state index in [1.165, 1.54) is 24.3 Å². The molecule has 0 aromatic heterocycles. The lowest BCUT2D eigenvalue weighted by atomic mass is 10.3. The van der Waals surface area contributed by atoms with Crippen molar-refractivity contribution in [1.82, 2.24) is 4.72 Å². The summed E-state index contributed by atoms with van der Waals surface area (Å²) in [5.41, 5.74) is 0.362. The van der Waals surface area contributed by atoms with Gasteiger partial charge in [0.2, 0.25) is 21.8 Å². The third-order valence-electron chi connectivity index (χ3n) is 3.49. The molecular weight excluding hydrogens is 308 g/mol. The highest BCUT2D eigenvalue weighted by atomic mass is 32.2. The maximum absolute atomic E-state index is 12.2. The van der Waals surface area contributed by atoms with E-state index in [-0.39, 0.29) is 36.2 Å². The van der Waals surface area contributed by atoms with Crippen LogP contribution in [0, 0.1) is 0 Å². The lowest BCUT2D eigenvalue weighted by Crippen LogP contribution is -2.36. The fraction of sp³-hybridized carbons (Fsp3) is 0.429. The zero-order valence-corrected chi connectivity index (χ0v) is 13.0. The van der Waals surface area contributed by atoms with Crippen molar-refractivity contribution in [2.75, 3.05) is 11.5 Å². The highest BCUT2D eigenvalue weighted by Crippen LogP contribution is 2.24. The Morgan fingerprint density at radius 2 is 1.73 bits per heavy atom. The number of rotatable bonds is 6. The van der Waals surface area contributed by atoms with E-state index in [4.69, 9.17) is 5.11 Å². The van der Waals surface area contributed by atoms with Crippen LogP contribution in [-0.4, -0.2) is 38.0 Å². The summed E-state index contributed by atoms with van der Waals surface area (Å²) in [7, 11) is -3.75. The van der Waals surface area contributed by atoms with E-state index in [9.17, 15) is 18.0 Å². The van der Waals surface area contributed by atoms with Crippen molar-refractivity contribution in [2.45, 2.75) is 37.1 Å². The molecule has 1 atom stereocenters. The van der Waals surface area contributed by atoms with Gasteiger partial charge in [0.15, 0.2) is 0 Å². The maximum atomic E-state index is 12.2. The molecular formula is C14H18N2O5S. The Bertz CT molecular complexity index is 649. The van der Waals surface area contributed by atoms with Gasteiger partial charge in [0.25, 0.3) is 0 Å². The smallest absolute Gasteiger partial charge is 0.240 e. The molecule has 2 amide bonds. The van der Waals surface area contributed by atoms with Crippen LogP contribution in [0.5, 0.6) is 0 Å². The molecule has 22 heavy (non-hydrogen) atoms. The Balaban J connectivity index is 2.21. The number of aliphatic hydroxyl groups is 1. The molecule has 1 unspecified atom stereocenters. The van der Waals surface area contributed by atoms with Gasteiger partial charge in [-0.05, 0) is 30.7 Å². The summed E-state index contributed by atoms with van der Waals surface area (Å²) in [6, 6.07) is 4.97. The number of sulfonamides is 1. The molecule has 0 saturated carbocycles. The molecule has 1 aromatic carbocycles. The summed E-state index contributed by atoms with van der Waals surface area (Å²) in [6.07, 6.45) is 0.814. The largest absolute Gasteiger partial charge is 0.395 e. The van der Waals surface area contributed by atoms with E-state index >= 15 is 0 Å². The third kappa shape index (κ3) is 3.34. The minimum Gasteiger partial charge on any atom is -0.395 e. The number of benzene rings is 1. The molecule has 8 heteroatoms. The Morgan fingerprint density at radius 1 is 1.18 bits per heavy atom. The Morgan fingerprint density at radius 3 is 2.18 bits per heavy atom. The summed E-state index contributed by atoms with van der Waals surface area (Å²) >= 11 is 0. The monoisotopic (exact) mass is 326 g/mol. The van der Waals surface area contributed by atoms with Crippen LogP contribution in [0.25, 0.3) is 0 Å². The summed E-state index contributed by atoms with van der Waals surface area (Å²) in [5.74, 6) is -0.574. The standard InChI is InChI=1S/C14H18N2O5S/c1-2-10(9-17)15-22(20,21)12-5-3-11(4-6-12)16-13(18)7-8-14(16)19/h3-6,10,15,17H,2,7-9H2,1H3. The summed E-state index contributed by atoms with van der Waals surface area (Å²) in [4.78, 5) is 24.4. The van der Waals surface area contributed by atoms with E-state index < -0.39 is 16.1 Å². The number of nitrogens with zero attached hydrogens (tertiary/aromatic N) is 1. The summed E-state index contributed by atoms with van der Waals surface area (Å²) < 4.78 is 26.7. The van der Waals surface area contributed by atoms with Crippen LogP contribution < -0.4 is 9.62 Å². The van der Waals surface area contributed by atoms with Crippen LogP contribution in [0.15, 0.2) is 29.2 Å². The first-order valence-corrected chi connectivity index (χ1v) is 8.46. The number of anilines is 1. The van der Waals surface area contributed by atoms with Crippen LogP contribution in [0.4, 0.5) is 5.69 Å². The van der Waals surface area contributed by atoms with Crippen molar-refractivity contribution in [3.8, 4) is 0 Å². The van der Waals surface area contributed by atoms with Crippen LogP contribution in [0.3, 0.4) is 0 Å². The van der Waals surface area contributed by atoms with Crippen molar-refractivity contribution in [3.63, 3.8) is 0 Å². The SMILES string of the molecule is CCC(CO)NS(=O)(=O)c1ccc(N2C(=O)CCC2=O)cc1.